The van der Waals surface area contributed by atoms with E-state index in [0.717, 1.165) is 28.2 Å². The van der Waals surface area contributed by atoms with Crippen molar-refractivity contribution < 1.29 is 9.00 Å². The molecule has 2 aromatic carbocycles. The van der Waals surface area contributed by atoms with Crippen LogP contribution in [0.5, 0.6) is 0 Å². The number of hydrogen-bond acceptors (Lipinski definition) is 3. The molecule has 0 radical (unpaired) electrons. The van der Waals surface area contributed by atoms with Crippen molar-refractivity contribution in [1.82, 2.24) is 5.32 Å². The molecule has 0 aliphatic carbocycles. The van der Waals surface area contributed by atoms with Gasteiger partial charge in [-0.05, 0) is 49.6 Å². The number of aryl methyl sites for hydroxylation is 1. The first-order chi connectivity index (χ1) is 11.6. The van der Waals surface area contributed by atoms with Gasteiger partial charge < -0.3 is 5.32 Å². The van der Waals surface area contributed by atoms with Gasteiger partial charge in [0.2, 0.25) is 0 Å². The quantitative estimate of drug-likeness (QED) is 0.903. The maximum Gasteiger partial charge on any atom is 0.252 e. The van der Waals surface area contributed by atoms with Gasteiger partial charge in [-0.2, -0.15) is 0 Å². The van der Waals surface area contributed by atoms with Crippen molar-refractivity contribution >= 4 is 28.5 Å². The molecule has 0 aromatic heterocycles. The topological polar surface area (TPSA) is 46.2 Å². The molecule has 0 spiro atoms. The Morgan fingerprint density at radius 1 is 1.12 bits per heavy atom. The average molecular weight is 360 g/mol. The Labute approximate surface area is 149 Å². The average Bonchev–Trinajstić information content (AvgIpc) is 2.58. The molecule has 1 fully saturated rings. The summed E-state index contributed by atoms with van der Waals surface area (Å²) < 4.78 is 11.5. The molecule has 0 atom stereocenters. The van der Waals surface area contributed by atoms with Crippen molar-refractivity contribution in [3.8, 4) is 0 Å². The predicted octanol–water partition coefficient (Wildman–Crippen LogP) is 3.79. The summed E-state index contributed by atoms with van der Waals surface area (Å²) >= 11 is 1.61. The van der Waals surface area contributed by atoms with E-state index in [4.69, 9.17) is 0 Å². The first kappa shape index (κ1) is 17.2. The highest BCUT2D eigenvalue weighted by atomic mass is 32.2. The summed E-state index contributed by atoms with van der Waals surface area (Å²) in [5, 5.41) is 3.11. The summed E-state index contributed by atoms with van der Waals surface area (Å²) in [6.07, 6.45) is 1.59. The summed E-state index contributed by atoms with van der Waals surface area (Å²) in [7, 11) is -0.710. The minimum absolute atomic E-state index is 0.0360. The van der Waals surface area contributed by atoms with Crippen LogP contribution >= 0.6 is 11.8 Å². The highest BCUT2D eigenvalue weighted by Crippen LogP contribution is 2.31. The lowest BCUT2D eigenvalue weighted by atomic mass is 10.1. The van der Waals surface area contributed by atoms with Crippen molar-refractivity contribution in [3.63, 3.8) is 0 Å². The van der Waals surface area contributed by atoms with Crippen LogP contribution in [0.4, 0.5) is 0 Å². The van der Waals surface area contributed by atoms with E-state index in [2.05, 4.69) is 11.4 Å². The highest BCUT2D eigenvalue weighted by Gasteiger charge is 2.21. The van der Waals surface area contributed by atoms with Crippen LogP contribution in [-0.4, -0.2) is 27.7 Å². The van der Waals surface area contributed by atoms with E-state index < -0.39 is 10.8 Å². The fourth-order valence-corrected chi connectivity index (χ4v) is 5.08. The van der Waals surface area contributed by atoms with Gasteiger partial charge in [-0.1, -0.05) is 36.0 Å². The minimum atomic E-state index is -0.710. The van der Waals surface area contributed by atoms with Gasteiger partial charge in [0.1, 0.15) is 0 Å². The Morgan fingerprint density at radius 3 is 2.54 bits per heavy atom. The van der Waals surface area contributed by atoms with Gasteiger partial charge in [0.25, 0.3) is 5.91 Å². The molecule has 1 aliphatic heterocycles. The van der Waals surface area contributed by atoms with Gasteiger partial charge in [0.05, 0.1) is 5.56 Å². The lowest BCUT2D eigenvalue weighted by Crippen LogP contribution is -2.39. The Kier molecular flexibility index (Phi) is 5.74. The van der Waals surface area contributed by atoms with Crippen molar-refractivity contribution in [2.45, 2.75) is 35.6 Å². The van der Waals surface area contributed by atoms with E-state index in [1.807, 2.05) is 49.4 Å². The fraction of sp³-hybridized carbons (Fsp3) is 0.316. The molecule has 0 bridgehead atoms. The number of rotatable bonds is 4. The zero-order chi connectivity index (χ0) is 16.9. The van der Waals surface area contributed by atoms with Crippen LogP contribution in [0.25, 0.3) is 0 Å². The van der Waals surface area contributed by atoms with Crippen LogP contribution < -0.4 is 5.32 Å². The second-order valence-electron chi connectivity index (χ2n) is 6.01. The van der Waals surface area contributed by atoms with E-state index >= 15 is 0 Å². The largest absolute Gasteiger partial charge is 0.349 e. The summed E-state index contributed by atoms with van der Waals surface area (Å²) in [6.45, 7) is 2.03. The molecule has 0 saturated carbocycles. The van der Waals surface area contributed by atoms with E-state index in [0.29, 0.717) is 17.1 Å². The molecule has 24 heavy (non-hydrogen) atoms. The normalized spacial score (nSPS) is 20.5. The van der Waals surface area contributed by atoms with Gasteiger partial charge in [-0.15, -0.1) is 0 Å². The molecular formula is C19H21NO2S2. The standard InChI is InChI=1S/C19H21NO2S2/c1-14-7-8-17(18(13-14)23-16-5-3-2-4-6-16)19(21)20-15-9-11-24(22)12-10-15/h2-8,13,15H,9-12H2,1H3,(H,20,21). The van der Waals surface area contributed by atoms with Crippen LogP contribution in [0.2, 0.25) is 0 Å². The van der Waals surface area contributed by atoms with Gasteiger partial charge in [0.15, 0.2) is 0 Å². The van der Waals surface area contributed by atoms with Gasteiger partial charge in [-0.3, -0.25) is 9.00 Å². The lowest BCUT2D eigenvalue weighted by Gasteiger charge is -2.23. The van der Waals surface area contributed by atoms with E-state index in [-0.39, 0.29) is 11.9 Å². The summed E-state index contributed by atoms with van der Waals surface area (Å²) in [5.74, 6) is 1.33. The van der Waals surface area contributed by atoms with Gasteiger partial charge in [0, 0.05) is 38.1 Å². The molecule has 1 amide bonds. The first-order valence-corrected chi connectivity index (χ1v) is 10.4. The SMILES string of the molecule is Cc1ccc(C(=O)NC2CCS(=O)CC2)c(Sc2ccccc2)c1. The molecule has 3 nitrogen and oxygen atoms in total. The molecule has 126 valence electrons. The molecule has 0 unspecified atom stereocenters. The van der Waals surface area contributed by atoms with Crippen LogP contribution in [0.15, 0.2) is 58.3 Å². The fourth-order valence-electron chi connectivity index (χ4n) is 2.72. The monoisotopic (exact) mass is 359 g/mol. The van der Waals surface area contributed by atoms with Gasteiger partial charge >= 0.3 is 0 Å². The van der Waals surface area contributed by atoms with Crippen LogP contribution in [0, 0.1) is 6.92 Å². The van der Waals surface area contributed by atoms with Crippen molar-refractivity contribution in [1.29, 1.82) is 0 Å². The number of carbonyl (C=O) groups excluding carboxylic acids is 1. The molecular weight excluding hydrogens is 338 g/mol. The molecule has 1 heterocycles. The Morgan fingerprint density at radius 2 is 1.83 bits per heavy atom. The molecule has 2 aromatic rings. The Hall–Kier alpha value is -1.59. The Bertz CT molecular complexity index is 736. The van der Waals surface area contributed by atoms with Crippen LogP contribution in [0.3, 0.4) is 0 Å². The maximum absolute atomic E-state index is 12.7. The summed E-state index contributed by atoms with van der Waals surface area (Å²) in [6, 6.07) is 16.1. The van der Waals surface area contributed by atoms with Crippen LogP contribution in [0.1, 0.15) is 28.8 Å². The van der Waals surface area contributed by atoms with E-state index in [1.165, 1.54) is 0 Å². The number of nitrogens with one attached hydrogen (secondary N) is 1. The molecule has 3 rings (SSSR count). The van der Waals surface area contributed by atoms with E-state index in [9.17, 15) is 9.00 Å². The smallest absolute Gasteiger partial charge is 0.252 e. The van der Waals surface area contributed by atoms with Crippen molar-refractivity contribution in [3.05, 3.63) is 59.7 Å². The molecule has 1 saturated heterocycles. The highest BCUT2D eigenvalue weighted by molar-refractivity contribution is 7.99. The molecule has 5 heteroatoms. The maximum atomic E-state index is 12.7. The lowest BCUT2D eigenvalue weighted by molar-refractivity contribution is 0.0931. The second-order valence-corrected chi connectivity index (χ2v) is 8.82. The third-order valence-electron chi connectivity index (χ3n) is 4.08. The number of benzene rings is 2. The zero-order valence-electron chi connectivity index (χ0n) is 13.7. The second kappa shape index (κ2) is 7.99. The first-order valence-electron chi connectivity index (χ1n) is 8.11. The molecule has 1 aliphatic rings. The minimum Gasteiger partial charge on any atom is -0.349 e. The summed E-state index contributed by atoms with van der Waals surface area (Å²) in [5.41, 5.74) is 1.85. The van der Waals surface area contributed by atoms with Gasteiger partial charge in [-0.25, -0.2) is 0 Å². The number of hydrogen-bond donors (Lipinski definition) is 1. The summed E-state index contributed by atoms with van der Waals surface area (Å²) in [4.78, 5) is 14.8. The number of amides is 1. The third-order valence-corrected chi connectivity index (χ3v) is 6.52. The van der Waals surface area contributed by atoms with E-state index in [1.54, 1.807) is 11.8 Å². The Balaban J connectivity index is 1.76. The molecule has 1 N–H and O–H groups in total. The zero-order valence-corrected chi connectivity index (χ0v) is 15.3. The van der Waals surface area contributed by atoms with Crippen molar-refractivity contribution in [2.75, 3.05) is 11.5 Å². The van der Waals surface area contributed by atoms with Crippen molar-refractivity contribution in [2.24, 2.45) is 0 Å². The third kappa shape index (κ3) is 4.48. The van der Waals surface area contributed by atoms with Crippen LogP contribution in [-0.2, 0) is 10.8 Å². The predicted molar refractivity (Wildman–Crippen MR) is 100 cm³/mol. The number of carbonyl (C=O) groups is 1.